The molecule has 4 aromatic rings. The predicted molar refractivity (Wildman–Crippen MR) is 143 cm³/mol. The first kappa shape index (κ1) is 26.2. The van der Waals surface area contributed by atoms with E-state index < -0.39 is 11.6 Å². The Kier molecular flexibility index (Phi) is 7.78. The molecule has 1 aromatic heterocycles. The number of rotatable bonds is 8. The van der Waals surface area contributed by atoms with Crippen molar-refractivity contribution in [2.45, 2.75) is 45.4 Å². The van der Waals surface area contributed by atoms with Crippen LogP contribution < -0.4 is 10.1 Å². The van der Waals surface area contributed by atoms with Crippen molar-refractivity contribution in [1.82, 2.24) is 25.2 Å². The summed E-state index contributed by atoms with van der Waals surface area (Å²) in [5.41, 5.74) is 2.23. The van der Waals surface area contributed by atoms with Gasteiger partial charge in [0.2, 0.25) is 11.8 Å². The minimum atomic E-state index is -0.951. The van der Waals surface area contributed by atoms with Crippen molar-refractivity contribution in [3.8, 4) is 5.75 Å². The van der Waals surface area contributed by atoms with Gasteiger partial charge in [0.05, 0.1) is 12.6 Å². The fourth-order valence-electron chi connectivity index (χ4n) is 4.11. The van der Waals surface area contributed by atoms with E-state index in [9.17, 15) is 9.59 Å². The average Bonchev–Trinajstić information content (AvgIpc) is 3.26. The standard InChI is InChI=1S/C28H30ClN5O3/c1-28(2,3)30-27(36)26(19-11-9-12-21(16-19)37-4)33(17-20-10-5-6-13-22(20)29)25(35)18-34-24-15-8-7-14-23(24)31-32-34/h5-16,26H,17-18H2,1-4H3,(H,30,36)/t26-/m1/s1. The number of hydrogen-bond donors (Lipinski definition) is 1. The zero-order valence-electron chi connectivity index (χ0n) is 21.3. The van der Waals surface area contributed by atoms with E-state index in [0.29, 0.717) is 21.9 Å². The van der Waals surface area contributed by atoms with Crippen LogP contribution in [0.5, 0.6) is 5.75 Å². The summed E-state index contributed by atoms with van der Waals surface area (Å²) in [5, 5.41) is 11.9. The molecule has 0 saturated heterocycles. The van der Waals surface area contributed by atoms with Crippen LogP contribution in [0, 0.1) is 0 Å². The Bertz CT molecular complexity index is 1410. The number of fused-ring (bicyclic) bond motifs is 1. The second-order valence-corrected chi connectivity index (χ2v) is 10.2. The Hall–Kier alpha value is -3.91. The summed E-state index contributed by atoms with van der Waals surface area (Å²) >= 11 is 6.49. The number of aromatic nitrogens is 3. The van der Waals surface area contributed by atoms with Crippen LogP contribution in [0.25, 0.3) is 11.0 Å². The zero-order valence-corrected chi connectivity index (χ0v) is 22.1. The number of para-hydroxylation sites is 1. The SMILES string of the molecule is COc1cccc([C@H](C(=O)NC(C)(C)C)N(Cc2ccccc2Cl)C(=O)Cn2nnc3ccccc32)c1. The Labute approximate surface area is 221 Å². The first-order valence-electron chi connectivity index (χ1n) is 11.9. The molecule has 0 fully saturated rings. The second-order valence-electron chi connectivity index (χ2n) is 9.77. The van der Waals surface area contributed by atoms with Gasteiger partial charge in [0.25, 0.3) is 0 Å². The van der Waals surface area contributed by atoms with Crippen LogP contribution in [0.1, 0.15) is 37.9 Å². The van der Waals surface area contributed by atoms with Crippen LogP contribution >= 0.6 is 11.6 Å². The molecule has 37 heavy (non-hydrogen) atoms. The minimum absolute atomic E-state index is 0.103. The number of nitrogens with zero attached hydrogens (tertiary/aromatic N) is 4. The lowest BCUT2D eigenvalue weighted by Crippen LogP contribution is -2.49. The van der Waals surface area contributed by atoms with Crippen molar-refractivity contribution in [2.24, 2.45) is 0 Å². The van der Waals surface area contributed by atoms with E-state index in [1.54, 1.807) is 36.1 Å². The summed E-state index contributed by atoms with van der Waals surface area (Å²) in [5.74, 6) is -0.0458. The van der Waals surface area contributed by atoms with Crippen LogP contribution in [0.2, 0.25) is 5.02 Å². The van der Waals surface area contributed by atoms with E-state index in [1.807, 2.05) is 69.3 Å². The topological polar surface area (TPSA) is 89.4 Å². The van der Waals surface area contributed by atoms with Gasteiger partial charge < -0.3 is 15.0 Å². The van der Waals surface area contributed by atoms with Crippen molar-refractivity contribution in [3.63, 3.8) is 0 Å². The molecule has 0 spiro atoms. The molecule has 0 aliphatic heterocycles. The van der Waals surface area contributed by atoms with E-state index in [1.165, 1.54) is 4.90 Å². The van der Waals surface area contributed by atoms with E-state index in [-0.39, 0.29) is 24.9 Å². The van der Waals surface area contributed by atoms with E-state index >= 15 is 0 Å². The van der Waals surface area contributed by atoms with Gasteiger partial charge in [0.1, 0.15) is 23.9 Å². The summed E-state index contributed by atoms with van der Waals surface area (Å²) in [6.45, 7) is 5.71. The maximum absolute atomic E-state index is 14.0. The lowest BCUT2D eigenvalue weighted by molar-refractivity contribution is -0.142. The maximum atomic E-state index is 14.0. The Morgan fingerprint density at radius 1 is 1.05 bits per heavy atom. The van der Waals surface area contributed by atoms with Crippen molar-refractivity contribution in [1.29, 1.82) is 0 Å². The third-order valence-corrected chi connectivity index (χ3v) is 6.16. The average molecular weight is 520 g/mol. The minimum Gasteiger partial charge on any atom is -0.497 e. The fraction of sp³-hybridized carbons (Fsp3) is 0.286. The molecule has 0 saturated carbocycles. The molecule has 1 atom stereocenters. The monoisotopic (exact) mass is 519 g/mol. The lowest BCUT2D eigenvalue weighted by Gasteiger charge is -2.34. The molecular formula is C28H30ClN5O3. The van der Waals surface area contributed by atoms with Gasteiger partial charge >= 0.3 is 0 Å². The van der Waals surface area contributed by atoms with Gasteiger partial charge in [-0.1, -0.05) is 59.3 Å². The highest BCUT2D eigenvalue weighted by atomic mass is 35.5. The molecule has 0 aliphatic carbocycles. The molecule has 1 N–H and O–H groups in total. The Morgan fingerprint density at radius 2 is 1.78 bits per heavy atom. The van der Waals surface area contributed by atoms with Crippen molar-refractivity contribution < 1.29 is 14.3 Å². The molecule has 0 bridgehead atoms. The lowest BCUT2D eigenvalue weighted by atomic mass is 10.0. The highest BCUT2D eigenvalue weighted by Gasteiger charge is 2.34. The van der Waals surface area contributed by atoms with Gasteiger partial charge in [-0.25, -0.2) is 4.68 Å². The number of hydrogen-bond acceptors (Lipinski definition) is 5. The number of nitrogens with one attached hydrogen (secondary N) is 1. The van der Waals surface area contributed by atoms with Crippen LogP contribution in [0.15, 0.2) is 72.8 Å². The number of methoxy groups -OCH3 is 1. The van der Waals surface area contributed by atoms with Crippen LogP contribution in [0.3, 0.4) is 0 Å². The van der Waals surface area contributed by atoms with Crippen molar-refractivity contribution in [2.75, 3.05) is 7.11 Å². The van der Waals surface area contributed by atoms with Gasteiger partial charge in [0, 0.05) is 17.1 Å². The third-order valence-electron chi connectivity index (χ3n) is 5.79. The number of benzene rings is 3. The van der Waals surface area contributed by atoms with Crippen molar-refractivity contribution >= 4 is 34.4 Å². The van der Waals surface area contributed by atoms with Crippen molar-refractivity contribution in [3.05, 3.63) is 88.9 Å². The van der Waals surface area contributed by atoms with Crippen LogP contribution in [-0.2, 0) is 22.7 Å². The Balaban J connectivity index is 1.80. The van der Waals surface area contributed by atoms with Gasteiger partial charge in [-0.3, -0.25) is 9.59 Å². The summed E-state index contributed by atoms with van der Waals surface area (Å²) in [4.78, 5) is 29.3. The smallest absolute Gasteiger partial charge is 0.247 e. The molecule has 9 heteroatoms. The molecule has 8 nitrogen and oxygen atoms in total. The number of amides is 2. The first-order chi connectivity index (χ1) is 17.7. The van der Waals surface area contributed by atoms with E-state index in [0.717, 1.165) is 11.1 Å². The van der Waals surface area contributed by atoms with Crippen LogP contribution in [0.4, 0.5) is 0 Å². The number of carbonyl (C=O) groups excluding carboxylic acids is 2. The fourth-order valence-corrected chi connectivity index (χ4v) is 4.30. The molecule has 1 heterocycles. The third kappa shape index (κ3) is 6.27. The van der Waals surface area contributed by atoms with Gasteiger partial charge in [-0.15, -0.1) is 5.10 Å². The summed E-state index contributed by atoms with van der Waals surface area (Å²) in [7, 11) is 1.56. The highest BCUT2D eigenvalue weighted by Crippen LogP contribution is 2.29. The molecule has 0 radical (unpaired) electrons. The number of halogens is 1. The summed E-state index contributed by atoms with van der Waals surface area (Å²) < 4.78 is 6.96. The van der Waals surface area contributed by atoms with Gasteiger partial charge in [-0.05, 0) is 62.2 Å². The molecule has 2 amide bonds. The van der Waals surface area contributed by atoms with Crippen LogP contribution in [-0.4, -0.2) is 44.4 Å². The largest absolute Gasteiger partial charge is 0.497 e. The molecule has 4 rings (SSSR count). The van der Waals surface area contributed by atoms with Gasteiger partial charge in [-0.2, -0.15) is 0 Å². The van der Waals surface area contributed by atoms with E-state index in [2.05, 4.69) is 15.6 Å². The first-order valence-corrected chi connectivity index (χ1v) is 12.3. The molecule has 3 aromatic carbocycles. The molecule has 192 valence electrons. The summed E-state index contributed by atoms with van der Waals surface area (Å²) in [6.07, 6.45) is 0. The highest BCUT2D eigenvalue weighted by molar-refractivity contribution is 6.31. The maximum Gasteiger partial charge on any atom is 0.247 e. The zero-order chi connectivity index (χ0) is 26.6. The van der Waals surface area contributed by atoms with Gasteiger partial charge in [0.15, 0.2) is 0 Å². The van der Waals surface area contributed by atoms with E-state index in [4.69, 9.17) is 16.3 Å². The summed E-state index contributed by atoms with van der Waals surface area (Å²) in [6, 6.07) is 20.9. The number of ether oxygens (including phenoxy) is 1. The predicted octanol–water partition coefficient (Wildman–Crippen LogP) is 4.78. The molecule has 0 aliphatic rings. The Morgan fingerprint density at radius 3 is 2.51 bits per heavy atom. The quantitative estimate of drug-likeness (QED) is 0.362. The molecule has 0 unspecified atom stereocenters. The number of carbonyl (C=O) groups is 2. The normalized spacial score (nSPS) is 12.2. The molecular weight excluding hydrogens is 490 g/mol. The second kappa shape index (κ2) is 11.0.